The van der Waals surface area contributed by atoms with Crippen molar-refractivity contribution in [2.45, 2.75) is 43.9 Å². The van der Waals surface area contributed by atoms with Crippen LogP contribution in [0.1, 0.15) is 49.4 Å². The van der Waals surface area contributed by atoms with Crippen LogP contribution < -0.4 is 5.73 Å². The van der Waals surface area contributed by atoms with E-state index in [-0.39, 0.29) is 16.2 Å². The largest absolute Gasteiger partial charge is 0.338 e. The fourth-order valence-corrected chi connectivity index (χ4v) is 5.26. The van der Waals surface area contributed by atoms with E-state index in [0.29, 0.717) is 38.3 Å². The summed E-state index contributed by atoms with van der Waals surface area (Å²) in [7, 11) is -3.48. The predicted molar refractivity (Wildman–Crippen MR) is 101 cm³/mol. The molecule has 6 nitrogen and oxygen atoms in total. The highest BCUT2D eigenvalue weighted by Gasteiger charge is 2.35. The molecular formula is C19H29N3O3S. The summed E-state index contributed by atoms with van der Waals surface area (Å²) in [5.41, 5.74) is 6.32. The molecule has 0 aliphatic carbocycles. The summed E-state index contributed by atoms with van der Waals surface area (Å²) in [6, 6.07) is 6.38. The molecule has 2 heterocycles. The number of hydrogen-bond acceptors (Lipinski definition) is 4. The van der Waals surface area contributed by atoms with E-state index in [2.05, 4.69) is 6.92 Å². The van der Waals surface area contributed by atoms with Gasteiger partial charge in [-0.05, 0) is 55.5 Å². The van der Waals surface area contributed by atoms with Gasteiger partial charge in [0.2, 0.25) is 10.0 Å². The molecule has 144 valence electrons. The van der Waals surface area contributed by atoms with Gasteiger partial charge in [-0.3, -0.25) is 4.79 Å². The van der Waals surface area contributed by atoms with Gasteiger partial charge in [0.25, 0.3) is 5.91 Å². The fraction of sp³-hybridized carbons (Fsp3) is 0.632. The number of carbonyl (C=O) groups is 1. The SMILES string of the molecule is CC1(CN)CCN(C(=O)c2ccc(S(=O)(=O)N3CCCCCC3)cc2)C1. The first-order chi connectivity index (χ1) is 12.4. The third-order valence-corrected chi connectivity index (χ3v) is 7.55. The second kappa shape index (κ2) is 7.66. The van der Waals surface area contributed by atoms with E-state index in [9.17, 15) is 13.2 Å². The Bertz CT molecular complexity index is 740. The van der Waals surface area contributed by atoms with Crippen LogP contribution in [0, 0.1) is 5.41 Å². The summed E-state index contributed by atoms with van der Waals surface area (Å²) in [4.78, 5) is 14.8. The molecule has 1 unspecified atom stereocenters. The Balaban J connectivity index is 1.73. The molecule has 0 saturated carbocycles. The number of carbonyl (C=O) groups excluding carboxylic acids is 1. The number of nitrogens with zero attached hydrogens (tertiary/aromatic N) is 2. The minimum Gasteiger partial charge on any atom is -0.338 e. The van der Waals surface area contributed by atoms with Crippen LogP contribution in [0.4, 0.5) is 0 Å². The minimum absolute atomic E-state index is 0.0221. The lowest BCUT2D eigenvalue weighted by Crippen LogP contribution is -2.34. The third kappa shape index (κ3) is 3.94. The standard InChI is InChI=1S/C19H29N3O3S/c1-19(14-20)10-13-21(15-19)18(23)16-6-8-17(9-7-16)26(24,25)22-11-4-2-3-5-12-22/h6-9H,2-5,10-15,20H2,1H3. The highest BCUT2D eigenvalue weighted by atomic mass is 32.2. The van der Waals surface area contributed by atoms with Crippen LogP contribution >= 0.6 is 0 Å². The molecule has 2 fully saturated rings. The van der Waals surface area contributed by atoms with Crippen LogP contribution in [0.2, 0.25) is 0 Å². The van der Waals surface area contributed by atoms with Gasteiger partial charge in [-0.1, -0.05) is 19.8 Å². The molecule has 0 radical (unpaired) electrons. The van der Waals surface area contributed by atoms with Crippen LogP contribution in [-0.4, -0.2) is 56.3 Å². The summed E-state index contributed by atoms with van der Waals surface area (Å²) in [6.45, 7) is 5.15. The van der Waals surface area contributed by atoms with E-state index in [0.717, 1.165) is 32.1 Å². The molecule has 1 amide bonds. The monoisotopic (exact) mass is 379 g/mol. The Hall–Kier alpha value is -1.44. The Labute approximate surface area is 156 Å². The third-order valence-electron chi connectivity index (χ3n) is 5.64. The van der Waals surface area contributed by atoms with Gasteiger partial charge in [0.1, 0.15) is 0 Å². The van der Waals surface area contributed by atoms with Crippen molar-refractivity contribution in [1.82, 2.24) is 9.21 Å². The molecule has 2 aliphatic heterocycles. The molecule has 1 aromatic carbocycles. The van der Waals surface area contributed by atoms with Crippen molar-refractivity contribution < 1.29 is 13.2 Å². The lowest BCUT2D eigenvalue weighted by atomic mass is 9.90. The Kier molecular flexibility index (Phi) is 5.69. The second-order valence-electron chi connectivity index (χ2n) is 7.83. The Morgan fingerprint density at radius 2 is 1.69 bits per heavy atom. The van der Waals surface area contributed by atoms with Gasteiger partial charge in [-0.25, -0.2) is 8.42 Å². The Morgan fingerprint density at radius 1 is 1.08 bits per heavy atom. The molecule has 2 saturated heterocycles. The second-order valence-corrected chi connectivity index (χ2v) is 9.77. The number of likely N-dealkylation sites (tertiary alicyclic amines) is 1. The number of amides is 1. The van der Waals surface area contributed by atoms with Gasteiger partial charge in [0.05, 0.1) is 4.90 Å². The first-order valence-corrected chi connectivity index (χ1v) is 10.9. The number of rotatable bonds is 4. The van der Waals surface area contributed by atoms with E-state index >= 15 is 0 Å². The van der Waals surface area contributed by atoms with Gasteiger partial charge in [0, 0.05) is 31.7 Å². The predicted octanol–water partition coefficient (Wildman–Crippen LogP) is 2.06. The quantitative estimate of drug-likeness (QED) is 0.868. The number of hydrogen-bond donors (Lipinski definition) is 1. The van der Waals surface area contributed by atoms with E-state index in [1.807, 2.05) is 4.90 Å². The summed E-state index contributed by atoms with van der Waals surface area (Å²) in [6.07, 6.45) is 4.88. The van der Waals surface area contributed by atoms with Crippen molar-refractivity contribution in [1.29, 1.82) is 0 Å². The lowest BCUT2D eigenvalue weighted by molar-refractivity contribution is 0.0777. The van der Waals surface area contributed by atoms with Gasteiger partial charge < -0.3 is 10.6 Å². The molecule has 1 atom stereocenters. The first-order valence-electron chi connectivity index (χ1n) is 9.45. The molecule has 0 bridgehead atoms. The highest BCUT2D eigenvalue weighted by Crippen LogP contribution is 2.29. The molecule has 0 spiro atoms. The van der Waals surface area contributed by atoms with Gasteiger partial charge in [0.15, 0.2) is 0 Å². The Morgan fingerprint density at radius 3 is 2.23 bits per heavy atom. The van der Waals surface area contributed by atoms with Crippen molar-refractivity contribution in [3.8, 4) is 0 Å². The van der Waals surface area contributed by atoms with Crippen molar-refractivity contribution in [2.24, 2.45) is 11.1 Å². The van der Waals surface area contributed by atoms with Crippen molar-refractivity contribution in [3.05, 3.63) is 29.8 Å². The van der Waals surface area contributed by atoms with Crippen LogP contribution in [-0.2, 0) is 10.0 Å². The van der Waals surface area contributed by atoms with Crippen molar-refractivity contribution >= 4 is 15.9 Å². The van der Waals surface area contributed by atoms with Crippen molar-refractivity contribution in [2.75, 3.05) is 32.7 Å². The van der Waals surface area contributed by atoms with Crippen molar-refractivity contribution in [3.63, 3.8) is 0 Å². The maximum absolute atomic E-state index is 12.8. The molecule has 3 rings (SSSR count). The number of nitrogens with two attached hydrogens (primary N) is 1. The van der Waals surface area contributed by atoms with Gasteiger partial charge >= 0.3 is 0 Å². The van der Waals surface area contributed by atoms with Crippen LogP contribution in [0.15, 0.2) is 29.2 Å². The smallest absolute Gasteiger partial charge is 0.253 e. The van der Waals surface area contributed by atoms with Crippen LogP contribution in [0.5, 0.6) is 0 Å². The average molecular weight is 380 g/mol. The lowest BCUT2D eigenvalue weighted by Gasteiger charge is -2.23. The highest BCUT2D eigenvalue weighted by molar-refractivity contribution is 7.89. The summed E-state index contributed by atoms with van der Waals surface area (Å²) in [5, 5.41) is 0. The molecule has 0 aromatic heterocycles. The molecule has 2 aliphatic rings. The van der Waals surface area contributed by atoms with Crippen LogP contribution in [0.25, 0.3) is 0 Å². The molecule has 7 heteroatoms. The minimum atomic E-state index is -3.48. The van der Waals surface area contributed by atoms with Gasteiger partial charge in [-0.2, -0.15) is 4.31 Å². The zero-order valence-electron chi connectivity index (χ0n) is 15.5. The maximum Gasteiger partial charge on any atom is 0.253 e. The van der Waals surface area contributed by atoms with Crippen LogP contribution in [0.3, 0.4) is 0 Å². The normalized spacial score (nSPS) is 25.2. The number of sulfonamides is 1. The summed E-state index contributed by atoms with van der Waals surface area (Å²) >= 11 is 0. The molecular weight excluding hydrogens is 350 g/mol. The summed E-state index contributed by atoms with van der Waals surface area (Å²) < 4.78 is 27.2. The topological polar surface area (TPSA) is 83.7 Å². The molecule has 2 N–H and O–H groups in total. The van der Waals surface area contributed by atoms with E-state index in [1.165, 1.54) is 0 Å². The maximum atomic E-state index is 12.8. The fourth-order valence-electron chi connectivity index (χ4n) is 3.75. The van der Waals surface area contributed by atoms with E-state index in [4.69, 9.17) is 5.73 Å². The first kappa shape index (κ1) is 19.3. The zero-order valence-corrected chi connectivity index (χ0v) is 16.3. The van der Waals surface area contributed by atoms with Gasteiger partial charge in [-0.15, -0.1) is 0 Å². The van der Waals surface area contributed by atoms with E-state index in [1.54, 1.807) is 28.6 Å². The summed E-state index contributed by atoms with van der Waals surface area (Å²) in [5.74, 6) is -0.0547. The molecule has 26 heavy (non-hydrogen) atoms. The number of benzene rings is 1. The zero-order chi connectivity index (χ0) is 18.8. The van der Waals surface area contributed by atoms with E-state index < -0.39 is 10.0 Å². The molecule has 1 aromatic rings. The average Bonchev–Trinajstić information content (AvgIpc) is 2.86.